The van der Waals surface area contributed by atoms with Crippen LogP contribution in [0.3, 0.4) is 0 Å². The summed E-state index contributed by atoms with van der Waals surface area (Å²) in [7, 11) is 1.83. The van der Waals surface area contributed by atoms with E-state index in [9.17, 15) is 14.4 Å². The number of hydrogen-bond donors (Lipinski definition) is 1. The number of aromatic nitrogens is 6. The van der Waals surface area contributed by atoms with E-state index < -0.39 is 6.04 Å². The molecule has 1 aliphatic carbocycles. The number of aryl methyl sites for hydroxylation is 1. The Kier molecular flexibility index (Phi) is 6.03. The molecule has 1 atom stereocenters. The molecule has 0 bridgehead atoms. The minimum absolute atomic E-state index is 0.229. The summed E-state index contributed by atoms with van der Waals surface area (Å²) < 4.78 is 3.11. The number of nitrogens with zero attached hydrogens (tertiary/aromatic N) is 8. The molecule has 2 aromatic heterocycles. The number of amides is 3. The Morgan fingerprint density at radius 3 is 2.71 bits per heavy atom. The minimum atomic E-state index is -0.760. The van der Waals surface area contributed by atoms with Gasteiger partial charge in [0.1, 0.15) is 25.5 Å². The second-order valence-corrected chi connectivity index (χ2v) is 10.1. The van der Waals surface area contributed by atoms with Gasteiger partial charge in [-0.25, -0.2) is 0 Å². The van der Waals surface area contributed by atoms with Gasteiger partial charge in [0.25, 0.3) is 0 Å². The first-order valence-electron chi connectivity index (χ1n) is 12.2. The topological polar surface area (TPSA) is 131 Å². The van der Waals surface area contributed by atoms with E-state index in [-0.39, 0.29) is 30.8 Å². The molecule has 2 aliphatic rings. The van der Waals surface area contributed by atoms with Crippen molar-refractivity contribution in [2.24, 2.45) is 13.0 Å². The highest BCUT2D eigenvalue weighted by molar-refractivity contribution is 6.31. The zero-order valence-corrected chi connectivity index (χ0v) is 21.2. The molecule has 0 spiro atoms. The Hall–Kier alpha value is -4.32. The first kappa shape index (κ1) is 24.0. The largest absolute Gasteiger partial charge is 0.324 e. The molecule has 4 aromatic rings. The monoisotopic (exact) mass is 533 g/mol. The van der Waals surface area contributed by atoms with Gasteiger partial charge < -0.3 is 10.2 Å². The maximum absolute atomic E-state index is 13.5. The van der Waals surface area contributed by atoms with E-state index in [1.54, 1.807) is 28.9 Å². The molecule has 1 unspecified atom stereocenters. The fourth-order valence-corrected chi connectivity index (χ4v) is 4.98. The number of hydrogen-bond acceptors (Lipinski definition) is 7. The van der Waals surface area contributed by atoms with Crippen molar-refractivity contribution in [3.8, 4) is 5.69 Å². The van der Waals surface area contributed by atoms with Gasteiger partial charge in [-0.15, -0.1) is 5.10 Å². The SMILES string of the molecule is Cn1cc2cc(NC(=O)C(CC3CC3)N3CC(=O)N(c4cc(Cl)ccc4-n4cnnn4)CC3=O)ccc2n1. The molecule has 1 saturated heterocycles. The second-order valence-electron chi connectivity index (χ2n) is 9.65. The fourth-order valence-electron chi connectivity index (χ4n) is 4.81. The van der Waals surface area contributed by atoms with Gasteiger partial charge in [0, 0.05) is 29.3 Å². The minimum Gasteiger partial charge on any atom is -0.324 e. The number of benzene rings is 2. The normalized spacial score (nSPS) is 16.8. The van der Waals surface area contributed by atoms with Crippen molar-refractivity contribution >= 4 is 51.6 Å². The third-order valence-electron chi connectivity index (χ3n) is 6.86. The van der Waals surface area contributed by atoms with E-state index in [1.165, 1.54) is 20.8 Å². The number of nitrogens with one attached hydrogen (secondary N) is 1. The summed E-state index contributed by atoms with van der Waals surface area (Å²) in [4.78, 5) is 43.1. The predicted octanol–water partition coefficient (Wildman–Crippen LogP) is 2.18. The van der Waals surface area contributed by atoms with Gasteiger partial charge in [-0.1, -0.05) is 24.4 Å². The predicted molar refractivity (Wildman–Crippen MR) is 139 cm³/mol. The summed E-state index contributed by atoms with van der Waals surface area (Å²) in [5.74, 6) is -0.610. The van der Waals surface area contributed by atoms with Crippen LogP contribution in [-0.4, -0.2) is 71.7 Å². The number of carbonyl (C=O) groups excluding carboxylic acids is 3. The van der Waals surface area contributed by atoms with Crippen LogP contribution >= 0.6 is 11.6 Å². The molecule has 2 aromatic carbocycles. The third-order valence-corrected chi connectivity index (χ3v) is 7.10. The standard InChI is InChI=1S/C25H24ClN9O3/c1-32-11-16-9-18(5-6-19(16)29-32)28-25(38)22(8-15-2-3-15)34-13-23(36)33(12-24(34)37)21-10-17(26)4-7-20(21)35-14-27-30-31-35/h4-7,9-11,14-15,22H,2-3,8,12-13H2,1H3,(H,28,38). The Morgan fingerprint density at radius 1 is 1.11 bits per heavy atom. The Labute approximate surface area is 222 Å². The lowest BCUT2D eigenvalue weighted by Crippen LogP contribution is -2.59. The molecule has 1 aliphatic heterocycles. The van der Waals surface area contributed by atoms with Crippen molar-refractivity contribution in [2.75, 3.05) is 23.3 Å². The Balaban J connectivity index is 1.24. The number of rotatable bonds is 7. The number of carbonyl (C=O) groups is 3. The summed E-state index contributed by atoms with van der Waals surface area (Å²) in [5.41, 5.74) is 2.35. The molecule has 13 heteroatoms. The summed E-state index contributed by atoms with van der Waals surface area (Å²) in [6.07, 6.45) is 5.78. The van der Waals surface area contributed by atoms with Gasteiger partial charge in [0.2, 0.25) is 17.7 Å². The van der Waals surface area contributed by atoms with Crippen LogP contribution in [0.15, 0.2) is 48.9 Å². The highest BCUT2D eigenvalue weighted by Crippen LogP contribution is 2.36. The molecule has 3 heterocycles. The van der Waals surface area contributed by atoms with Crippen LogP contribution in [0.5, 0.6) is 0 Å². The third kappa shape index (κ3) is 4.70. The number of anilines is 2. The molecule has 38 heavy (non-hydrogen) atoms. The molecule has 0 radical (unpaired) electrons. The van der Waals surface area contributed by atoms with Crippen LogP contribution < -0.4 is 10.2 Å². The van der Waals surface area contributed by atoms with Gasteiger partial charge in [-0.05, 0) is 59.2 Å². The molecule has 1 saturated carbocycles. The first-order chi connectivity index (χ1) is 18.4. The van der Waals surface area contributed by atoms with E-state index in [1.807, 2.05) is 25.4 Å². The second kappa shape index (κ2) is 9.53. The van der Waals surface area contributed by atoms with Crippen LogP contribution in [0, 0.1) is 5.92 Å². The van der Waals surface area contributed by atoms with Gasteiger partial charge >= 0.3 is 0 Å². The highest BCUT2D eigenvalue weighted by Gasteiger charge is 2.41. The van der Waals surface area contributed by atoms with Crippen molar-refractivity contribution in [3.05, 3.63) is 53.9 Å². The van der Waals surface area contributed by atoms with Gasteiger partial charge in [0.15, 0.2) is 0 Å². The lowest BCUT2D eigenvalue weighted by molar-refractivity contribution is -0.144. The molecular weight excluding hydrogens is 510 g/mol. The van der Waals surface area contributed by atoms with Crippen LogP contribution in [-0.2, 0) is 21.4 Å². The first-order valence-corrected chi connectivity index (χ1v) is 12.6. The van der Waals surface area contributed by atoms with Gasteiger partial charge in [0.05, 0.1) is 16.9 Å². The van der Waals surface area contributed by atoms with Crippen LogP contribution in [0.2, 0.25) is 5.02 Å². The van der Waals surface area contributed by atoms with E-state index in [0.717, 1.165) is 23.7 Å². The maximum atomic E-state index is 13.5. The quantitative estimate of drug-likeness (QED) is 0.385. The average Bonchev–Trinajstić information content (AvgIpc) is 3.38. The average molecular weight is 534 g/mol. The highest BCUT2D eigenvalue weighted by atomic mass is 35.5. The number of tetrazole rings is 1. The van der Waals surface area contributed by atoms with E-state index in [2.05, 4.69) is 25.9 Å². The van der Waals surface area contributed by atoms with Crippen molar-refractivity contribution in [1.29, 1.82) is 0 Å². The van der Waals surface area contributed by atoms with Gasteiger partial charge in [-0.3, -0.25) is 24.0 Å². The summed E-state index contributed by atoms with van der Waals surface area (Å²) in [5, 5.41) is 19.8. The maximum Gasteiger partial charge on any atom is 0.247 e. The lowest BCUT2D eigenvalue weighted by Gasteiger charge is -2.38. The summed E-state index contributed by atoms with van der Waals surface area (Å²) >= 11 is 6.23. The Morgan fingerprint density at radius 2 is 1.95 bits per heavy atom. The lowest BCUT2D eigenvalue weighted by atomic mass is 10.0. The van der Waals surface area contributed by atoms with E-state index >= 15 is 0 Å². The molecule has 12 nitrogen and oxygen atoms in total. The van der Waals surface area contributed by atoms with Crippen LogP contribution in [0.1, 0.15) is 19.3 Å². The van der Waals surface area contributed by atoms with Crippen LogP contribution in [0.25, 0.3) is 16.6 Å². The molecular formula is C25H24ClN9O3. The molecule has 1 N–H and O–H groups in total. The molecule has 194 valence electrons. The Bertz CT molecular complexity index is 1550. The van der Waals surface area contributed by atoms with Crippen molar-refractivity contribution in [1.82, 2.24) is 34.9 Å². The summed E-state index contributed by atoms with van der Waals surface area (Å²) in [6.45, 7) is -0.461. The van der Waals surface area contributed by atoms with Crippen molar-refractivity contribution in [2.45, 2.75) is 25.3 Å². The van der Waals surface area contributed by atoms with Crippen LogP contribution in [0.4, 0.5) is 11.4 Å². The zero-order valence-electron chi connectivity index (χ0n) is 20.5. The molecule has 3 amide bonds. The summed E-state index contributed by atoms with van der Waals surface area (Å²) in [6, 6.07) is 9.64. The van der Waals surface area contributed by atoms with E-state index in [4.69, 9.17) is 11.6 Å². The molecule has 2 fully saturated rings. The van der Waals surface area contributed by atoms with Crippen molar-refractivity contribution in [3.63, 3.8) is 0 Å². The zero-order chi connectivity index (χ0) is 26.4. The number of piperazine rings is 1. The fraction of sp³-hybridized carbons (Fsp3) is 0.320. The smallest absolute Gasteiger partial charge is 0.247 e. The molecule has 6 rings (SSSR count). The van der Waals surface area contributed by atoms with E-state index in [0.29, 0.717) is 34.4 Å². The van der Waals surface area contributed by atoms with Gasteiger partial charge in [-0.2, -0.15) is 9.78 Å². The van der Waals surface area contributed by atoms with Crippen molar-refractivity contribution < 1.29 is 14.4 Å². The number of halogens is 1. The number of fused-ring (bicyclic) bond motifs is 1.